The fourth-order valence-corrected chi connectivity index (χ4v) is 3.31. The minimum Gasteiger partial charge on any atom is -0.439 e. The van der Waals surface area contributed by atoms with Gasteiger partial charge in [-0.3, -0.25) is 4.90 Å². The number of guanidine groups is 1. The van der Waals surface area contributed by atoms with Crippen molar-refractivity contribution in [3.63, 3.8) is 0 Å². The Morgan fingerprint density at radius 1 is 1.24 bits per heavy atom. The van der Waals surface area contributed by atoms with Gasteiger partial charge < -0.3 is 25.2 Å². The van der Waals surface area contributed by atoms with Crippen LogP contribution in [-0.2, 0) is 11.3 Å². The molecule has 1 aliphatic rings. The highest BCUT2D eigenvalue weighted by atomic mass is 127. The van der Waals surface area contributed by atoms with Crippen LogP contribution >= 0.6 is 24.0 Å². The van der Waals surface area contributed by atoms with Crippen LogP contribution in [-0.4, -0.2) is 72.5 Å². The van der Waals surface area contributed by atoms with Crippen LogP contribution in [0.3, 0.4) is 0 Å². The highest BCUT2D eigenvalue weighted by Crippen LogP contribution is 2.20. The average molecular weight is 573 g/mol. The van der Waals surface area contributed by atoms with Gasteiger partial charge in [0.1, 0.15) is 11.6 Å². The van der Waals surface area contributed by atoms with Crippen molar-refractivity contribution in [2.45, 2.75) is 26.0 Å². The molecule has 33 heavy (non-hydrogen) atoms. The molecule has 0 spiro atoms. The van der Waals surface area contributed by atoms with E-state index in [-0.39, 0.29) is 29.8 Å². The fraction of sp³-hybridized carbons (Fsp3) is 0.478. The topological polar surface area (TPSA) is 91.2 Å². The molecule has 1 unspecified atom stereocenters. The summed E-state index contributed by atoms with van der Waals surface area (Å²) in [4.78, 5) is 11.0. The van der Waals surface area contributed by atoms with E-state index < -0.39 is 5.60 Å². The summed E-state index contributed by atoms with van der Waals surface area (Å²) >= 11 is 0. The number of rotatable bonds is 9. The quantitative estimate of drug-likeness (QED) is 0.242. The highest BCUT2D eigenvalue weighted by molar-refractivity contribution is 14.0. The number of halogens is 2. The first-order valence-corrected chi connectivity index (χ1v) is 10.9. The first kappa shape index (κ1) is 27.2. The van der Waals surface area contributed by atoms with Gasteiger partial charge in [0.05, 0.1) is 25.4 Å². The van der Waals surface area contributed by atoms with Gasteiger partial charge in [0.15, 0.2) is 5.96 Å². The summed E-state index contributed by atoms with van der Waals surface area (Å²) in [5, 5.41) is 17.2. The second-order valence-corrected chi connectivity index (χ2v) is 7.99. The average Bonchev–Trinajstić information content (AvgIpc) is 2.78. The van der Waals surface area contributed by atoms with E-state index in [9.17, 15) is 9.50 Å². The third kappa shape index (κ3) is 9.78. The second kappa shape index (κ2) is 13.6. The van der Waals surface area contributed by atoms with Crippen molar-refractivity contribution in [3.8, 4) is 11.6 Å². The number of nitrogens with zero attached hydrogens (tertiary/aromatic N) is 3. The lowest BCUT2D eigenvalue weighted by Gasteiger charge is -2.34. The Bertz CT molecular complexity index is 877. The SMILES string of the molecule is CCNC(=NCc1ccnc(Oc2ccc(F)cc2)c1)NCC(C)(O)CN1CCOCC1.I. The normalized spacial score (nSPS) is 16.4. The van der Waals surface area contributed by atoms with Crippen LogP contribution in [0.5, 0.6) is 11.6 Å². The molecular formula is C23H33FIN5O3. The number of hydrogen-bond acceptors (Lipinski definition) is 6. The number of aliphatic imine (C=N–C) groups is 1. The molecule has 1 aromatic carbocycles. The molecule has 3 N–H and O–H groups in total. The first-order valence-electron chi connectivity index (χ1n) is 10.9. The summed E-state index contributed by atoms with van der Waals surface area (Å²) < 4.78 is 24.1. The molecule has 8 nitrogen and oxygen atoms in total. The predicted molar refractivity (Wildman–Crippen MR) is 137 cm³/mol. The highest BCUT2D eigenvalue weighted by Gasteiger charge is 2.25. The molecular weight excluding hydrogens is 540 g/mol. The van der Waals surface area contributed by atoms with Crippen LogP contribution in [0.2, 0.25) is 0 Å². The Labute approximate surface area is 211 Å². The molecule has 182 valence electrons. The Morgan fingerprint density at radius 3 is 2.67 bits per heavy atom. The van der Waals surface area contributed by atoms with Crippen LogP contribution in [0.25, 0.3) is 0 Å². The molecule has 1 aliphatic heterocycles. The van der Waals surface area contributed by atoms with Gasteiger partial charge >= 0.3 is 0 Å². The Morgan fingerprint density at radius 2 is 1.97 bits per heavy atom. The molecule has 1 saturated heterocycles. The van der Waals surface area contributed by atoms with Crippen molar-refractivity contribution < 1.29 is 19.0 Å². The summed E-state index contributed by atoms with van der Waals surface area (Å²) in [7, 11) is 0. The van der Waals surface area contributed by atoms with Gasteiger partial charge in [-0.2, -0.15) is 0 Å². The fourth-order valence-electron chi connectivity index (χ4n) is 3.31. The number of ether oxygens (including phenoxy) is 2. The minimum absolute atomic E-state index is 0. The maximum atomic E-state index is 13.1. The zero-order valence-corrected chi connectivity index (χ0v) is 21.4. The number of nitrogens with one attached hydrogen (secondary N) is 2. The van der Waals surface area contributed by atoms with Gasteiger partial charge in [0, 0.05) is 45.0 Å². The third-order valence-corrected chi connectivity index (χ3v) is 4.90. The zero-order valence-electron chi connectivity index (χ0n) is 19.1. The molecule has 10 heteroatoms. The van der Waals surface area contributed by atoms with Crippen LogP contribution in [0.4, 0.5) is 4.39 Å². The van der Waals surface area contributed by atoms with Crippen LogP contribution < -0.4 is 15.4 Å². The lowest BCUT2D eigenvalue weighted by atomic mass is 10.1. The van der Waals surface area contributed by atoms with E-state index >= 15 is 0 Å². The van der Waals surface area contributed by atoms with Crippen molar-refractivity contribution in [1.82, 2.24) is 20.5 Å². The van der Waals surface area contributed by atoms with Crippen molar-refractivity contribution in [2.24, 2.45) is 4.99 Å². The smallest absolute Gasteiger partial charge is 0.219 e. The zero-order chi connectivity index (χ0) is 22.8. The number of aromatic nitrogens is 1. The summed E-state index contributed by atoms with van der Waals surface area (Å²) in [6.45, 7) is 8.91. The lowest BCUT2D eigenvalue weighted by molar-refractivity contribution is -0.0201. The molecule has 1 aromatic heterocycles. The van der Waals surface area contributed by atoms with E-state index in [1.807, 2.05) is 19.9 Å². The number of pyridine rings is 1. The predicted octanol–water partition coefficient (Wildman–Crippen LogP) is 2.77. The van der Waals surface area contributed by atoms with E-state index in [0.29, 0.717) is 57.0 Å². The van der Waals surface area contributed by atoms with Crippen LogP contribution in [0.1, 0.15) is 19.4 Å². The molecule has 3 rings (SSSR count). The molecule has 0 aliphatic carbocycles. The van der Waals surface area contributed by atoms with Gasteiger partial charge in [-0.15, -0.1) is 24.0 Å². The van der Waals surface area contributed by atoms with Crippen molar-refractivity contribution in [1.29, 1.82) is 0 Å². The van der Waals surface area contributed by atoms with Crippen molar-refractivity contribution in [3.05, 3.63) is 54.0 Å². The molecule has 0 bridgehead atoms. The standard InChI is InChI=1S/C23H32FN5O3.HI/c1-3-25-22(28-16-23(2,30)17-29-10-12-31-13-11-29)27-15-18-8-9-26-21(14-18)32-20-6-4-19(24)5-7-20;/h4-9,14,30H,3,10-13,15-17H2,1-2H3,(H2,25,27,28);1H. The maximum Gasteiger partial charge on any atom is 0.219 e. The molecule has 0 amide bonds. The third-order valence-electron chi connectivity index (χ3n) is 4.90. The monoisotopic (exact) mass is 573 g/mol. The molecule has 2 aromatic rings. The van der Waals surface area contributed by atoms with E-state index in [1.165, 1.54) is 12.1 Å². The molecule has 0 radical (unpaired) electrons. The summed E-state index contributed by atoms with van der Waals surface area (Å²) in [6, 6.07) is 9.44. The van der Waals surface area contributed by atoms with Gasteiger partial charge in [0.25, 0.3) is 0 Å². The molecule has 1 atom stereocenters. The Kier molecular flexibility index (Phi) is 11.2. The molecule has 1 fully saturated rings. The first-order chi connectivity index (χ1) is 15.4. The van der Waals surface area contributed by atoms with Gasteiger partial charge in [-0.1, -0.05) is 0 Å². The number of β-amino-alcohol motifs (C(OH)–C–C–N with tert-alkyl or cyclic N) is 1. The number of benzene rings is 1. The van der Waals surface area contributed by atoms with Gasteiger partial charge in [-0.25, -0.2) is 14.4 Å². The van der Waals surface area contributed by atoms with E-state index in [1.54, 1.807) is 24.4 Å². The van der Waals surface area contributed by atoms with E-state index in [2.05, 4.69) is 25.5 Å². The number of aliphatic hydroxyl groups is 1. The Hall–Kier alpha value is -2.02. The van der Waals surface area contributed by atoms with Crippen LogP contribution in [0, 0.1) is 5.82 Å². The Balaban J connectivity index is 0.00000385. The van der Waals surface area contributed by atoms with Gasteiger partial charge in [-0.05, 0) is 49.7 Å². The van der Waals surface area contributed by atoms with Crippen LogP contribution in [0.15, 0.2) is 47.6 Å². The molecule has 0 saturated carbocycles. The van der Waals surface area contributed by atoms with E-state index in [4.69, 9.17) is 9.47 Å². The number of morpholine rings is 1. The van der Waals surface area contributed by atoms with Crippen molar-refractivity contribution in [2.75, 3.05) is 45.9 Å². The lowest BCUT2D eigenvalue weighted by Crippen LogP contribution is -2.52. The largest absolute Gasteiger partial charge is 0.439 e. The summed E-state index contributed by atoms with van der Waals surface area (Å²) in [5.41, 5.74) is 0.00906. The van der Waals surface area contributed by atoms with Gasteiger partial charge in [0.2, 0.25) is 5.88 Å². The second-order valence-electron chi connectivity index (χ2n) is 7.99. The van der Waals surface area contributed by atoms with Crippen molar-refractivity contribution >= 4 is 29.9 Å². The maximum absolute atomic E-state index is 13.1. The number of hydrogen-bond donors (Lipinski definition) is 3. The minimum atomic E-state index is -0.902. The molecule has 2 heterocycles. The van der Waals surface area contributed by atoms with E-state index in [0.717, 1.165) is 18.7 Å². The summed E-state index contributed by atoms with van der Waals surface area (Å²) in [6.07, 6.45) is 1.65. The summed E-state index contributed by atoms with van der Waals surface area (Å²) in [5.74, 6) is 1.22.